The molecule has 2 aliphatic heterocycles. The summed E-state index contributed by atoms with van der Waals surface area (Å²) in [5.74, 6) is 5.39. The Morgan fingerprint density at radius 1 is 1.21 bits per heavy atom. The molecule has 2 heterocycles. The van der Waals surface area contributed by atoms with E-state index in [1.807, 2.05) is 11.8 Å². The van der Waals surface area contributed by atoms with E-state index in [2.05, 4.69) is 26.1 Å². The van der Waals surface area contributed by atoms with Gasteiger partial charge in [-0.05, 0) is 12.8 Å². The number of nitrogens with two attached hydrogens (primary N) is 1. The van der Waals surface area contributed by atoms with Crippen LogP contribution in [0.25, 0.3) is 0 Å². The highest BCUT2D eigenvalue weighted by Gasteiger charge is 2.42. The largest absolute Gasteiger partial charge is 0.354 e. The standard InChI is InChI=1S/C14H25N5O4S/c15-23-7-12(21)17-6-5-16-11(20)4-2-1-3-10-13-9(8-24-10)18-14(22)19-13/h9-10,13H,1-8,15H2,(H,16,20)(H,17,21)(H2,18,19,22)/t9-,10-,13-/m0/s1. The number of thioether (sulfide) groups is 1. The summed E-state index contributed by atoms with van der Waals surface area (Å²) in [7, 11) is 0. The van der Waals surface area contributed by atoms with Crippen molar-refractivity contribution in [2.75, 3.05) is 25.4 Å². The van der Waals surface area contributed by atoms with Crippen LogP contribution in [-0.4, -0.2) is 60.6 Å². The van der Waals surface area contributed by atoms with Crippen LogP contribution in [0, 0.1) is 0 Å². The second-order valence-corrected chi connectivity index (χ2v) is 7.15. The molecule has 0 radical (unpaired) electrons. The maximum absolute atomic E-state index is 11.7. The van der Waals surface area contributed by atoms with Crippen molar-refractivity contribution in [3.8, 4) is 0 Å². The molecule has 2 fully saturated rings. The molecule has 0 aromatic rings. The monoisotopic (exact) mass is 359 g/mol. The molecule has 0 aromatic heterocycles. The molecular weight excluding hydrogens is 334 g/mol. The minimum atomic E-state index is -0.312. The number of hydrogen-bond acceptors (Lipinski definition) is 6. The predicted octanol–water partition coefficient (Wildman–Crippen LogP) is -1.17. The third-order valence-electron chi connectivity index (χ3n) is 4.06. The van der Waals surface area contributed by atoms with Gasteiger partial charge in [0.1, 0.15) is 6.61 Å². The Morgan fingerprint density at radius 2 is 1.96 bits per heavy atom. The summed E-state index contributed by atoms with van der Waals surface area (Å²) < 4.78 is 0. The minimum absolute atomic E-state index is 0.0212. The number of urea groups is 1. The molecule has 24 heavy (non-hydrogen) atoms. The van der Waals surface area contributed by atoms with Crippen molar-refractivity contribution in [1.29, 1.82) is 0 Å². The van der Waals surface area contributed by atoms with Crippen LogP contribution < -0.4 is 27.2 Å². The zero-order chi connectivity index (χ0) is 17.4. The van der Waals surface area contributed by atoms with E-state index in [9.17, 15) is 14.4 Å². The minimum Gasteiger partial charge on any atom is -0.354 e. The molecular formula is C14H25N5O4S. The van der Waals surface area contributed by atoms with Crippen LogP contribution in [0.4, 0.5) is 4.79 Å². The lowest BCUT2D eigenvalue weighted by atomic mass is 10.0. The van der Waals surface area contributed by atoms with E-state index in [0.717, 1.165) is 25.0 Å². The van der Waals surface area contributed by atoms with E-state index in [-0.39, 0.29) is 36.5 Å². The Hall–Kier alpha value is -1.52. The number of nitrogens with one attached hydrogen (secondary N) is 4. The molecule has 0 unspecified atom stereocenters. The first-order valence-corrected chi connectivity index (χ1v) is 9.18. The fourth-order valence-corrected chi connectivity index (χ4v) is 4.44. The number of rotatable bonds is 10. The van der Waals surface area contributed by atoms with Crippen LogP contribution >= 0.6 is 11.8 Å². The number of amides is 4. The zero-order valence-corrected chi connectivity index (χ0v) is 14.3. The zero-order valence-electron chi connectivity index (χ0n) is 13.5. The third kappa shape index (κ3) is 5.84. The molecule has 136 valence electrons. The molecule has 0 aliphatic carbocycles. The van der Waals surface area contributed by atoms with E-state index < -0.39 is 0 Å². The van der Waals surface area contributed by atoms with Gasteiger partial charge in [0.25, 0.3) is 0 Å². The van der Waals surface area contributed by atoms with Gasteiger partial charge in [-0.1, -0.05) is 6.42 Å². The van der Waals surface area contributed by atoms with Gasteiger partial charge in [-0.3, -0.25) is 14.4 Å². The predicted molar refractivity (Wildman–Crippen MR) is 90.1 cm³/mol. The van der Waals surface area contributed by atoms with E-state index >= 15 is 0 Å². The Bertz CT molecular complexity index is 464. The van der Waals surface area contributed by atoms with Crippen molar-refractivity contribution in [3.63, 3.8) is 0 Å². The van der Waals surface area contributed by atoms with E-state index in [0.29, 0.717) is 24.8 Å². The number of hydrogen-bond donors (Lipinski definition) is 5. The SMILES string of the molecule is NOCC(=O)NCCNC(=O)CCCC[C@@H]1SC[C@@H]2NC(=O)N[C@@H]21. The Balaban J connectivity index is 1.48. The Kier molecular flexibility index (Phi) is 7.60. The summed E-state index contributed by atoms with van der Waals surface area (Å²) in [6.07, 6.45) is 3.23. The van der Waals surface area contributed by atoms with Gasteiger partial charge < -0.3 is 21.3 Å². The molecule has 0 saturated carbocycles. The maximum Gasteiger partial charge on any atom is 0.315 e. The highest BCUT2D eigenvalue weighted by Crippen LogP contribution is 2.33. The van der Waals surface area contributed by atoms with Crippen molar-refractivity contribution in [1.82, 2.24) is 21.3 Å². The fourth-order valence-electron chi connectivity index (χ4n) is 2.89. The third-order valence-corrected chi connectivity index (χ3v) is 5.57. The highest BCUT2D eigenvalue weighted by molar-refractivity contribution is 8.00. The van der Waals surface area contributed by atoms with Gasteiger partial charge >= 0.3 is 6.03 Å². The van der Waals surface area contributed by atoms with Crippen molar-refractivity contribution < 1.29 is 19.2 Å². The van der Waals surface area contributed by atoms with Crippen LogP contribution in [0.3, 0.4) is 0 Å². The average molecular weight is 359 g/mol. The van der Waals surface area contributed by atoms with Gasteiger partial charge in [0.2, 0.25) is 11.8 Å². The van der Waals surface area contributed by atoms with Crippen LogP contribution in [-0.2, 0) is 14.4 Å². The topological polar surface area (TPSA) is 135 Å². The van der Waals surface area contributed by atoms with Gasteiger partial charge in [-0.15, -0.1) is 0 Å². The van der Waals surface area contributed by atoms with Crippen LogP contribution in [0.2, 0.25) is 0 Å². The van der Waals surface area contributed by atoms with Crippen molar-refractivity contribution >= 4 is 29.6 Å². The summed E-state index contributed by atoms with van der Waals surface area (Å²) in [6.45, 7) is 0.544. The second-order valence-electron chi connectivity index (χ2n) is 5.88. The van der Waals surface area contributed by atoms with E-state index in [1.165, 1.54) is 0 Å². The highest BCUT2D eigenvalue weighted by atomic mass is 32.2. The Morgan fingerprint density at radius 3 is 2.71 bits per heavy atom. The summed E-state index contributed by atoms with van der Waals surface area (Å²) in [5.41, 5.74) is 0. The van der Waals surface area contributed by atoms with Crippen LogP contribution in [0.1, 0.15) is 25.7 Å². The van der Waals surface area contributed by atoms with Crippen molar-refractivity contribution in [2.45, 2.75) is 43.0 Å². The normalized spacial score (nSPS) is 24.9. The first-order valence-electron chi connectivity index (χ1n) is 8.14. The molecule has 9 nitrogen and oxygen atoms in total. The molecule has 6 N–H and O–H groups in total. The molecule has 2 rings (SSSR count). The van der Waals surface area contributed by atoms with Gasteiger partial charge in [-0.25, -0.2) is 10.7 Å². The summed E-state index contributed by atoms with van der Waals surface area (Å²) in [4.78, 5) is 38.3. The summed E-state index contributed by atoms with van der Waals surface area (Å²) in [5, 5.41) is 11.6. The lowest BCUT2D eigenvalue weighted by Crippen LogP contribution is -2.37. The molecule has 0 aromatic carbocycles. The molecule has 2 aliphatic rings. The molecule has 2 saturated heterocycles. The van der Waals surface area contributed by atoms with Gasteiger partial charge in [0.15, 0.2) is 0 Å². The van der Waals surface area contributed by atoms with Gasteiger partial charge in [0, 0.05) is 30.5 Å². The number of unbranched alkanes of at least 4 members (excludes halogenated alkanes) is 1. The molecule has 3 atom stereocenters. The van der Waals surface area contributed by atoms with E-state index in [1.54, 1.807) is 0 Å². The van der Waals surface area contributed by atoms with Gasteiger partial charge in [0.05, 0.1) is 12.1 Å². The molecule has 0 bridgehead atoms. The fraction of sp³-hybridized carbons (Fsp3) is 0.786. The smallest absolute Gasteiger partial charge is 0.315 e. The lowest BCUT2D eigenvalue weighted by molar-refractivity contribution is -0.126. The van der Waals surface area contributed by atoms with Crippen LogP contribution in [0.15, 0.2) is 0 Å². The molecule has 0 spiro atoms. The second kappa shape index (κ2) is 9.70. The maximum atomic E-state index is 11.7. The van der Waals surface area contributed by atoms with E-state index in [4.69, 9.17) is 5.90 Å². The van der Waals surface area contributed by atoms with Crippen molar-refractivity contribution in [2.24, 2.45) is 5.90 Å². The lowest BCUT2D eigenvalue weighted by Gasteiger charge is -2.16. The number of carbonyl (C=O) groups excluding carboxylic acids is 3. The summed E-state index contributed by atoms with van der Waals surface area (Å²) >= 11 is 1.88. The first-order chi connectivity index (χ1) is 11.6. The van der Waals surface area contributed by atoms with Gasteiger partial charge in [-0.2, -0.15) is 11.8 Å². The quantitative estimate of drug-likeness (QED) is 0.190. The average Bonchev–Trinajstić information content (AvgIpc) is 3.08. The summed E-state index contributed by atoms with van der Waals surface area (Å²) in [6, 6.07) is 0.396. The Labute approximate surface area is 145 Å². The van der Waals surface area contributed by atoms with Crippen LogP contribution in [0.5, 0.6) is 0 Å². The number of carbonyl (C=O) groups is 3. The number of fused-ring (bicyclic) bond motifs is 1. The van der Waals surface area contributed by atoms with Crippen molar-refractivity contribution in [3.05, 3.63) is 0 Å². The molecule has 4 amide bonds. The molecule has 10 heteroatoms. The first kappa shape index (κ1) is 18.8.